The van der Waals surface area contributed by atoms with Crippen molar-refractivity contribution < 1.29 is 0 Å². The Morgan fingerprint density at radius 1 is 0.231 bits per heavy atom. The first kappa shape index (κ1) is 39.6. The summed E-state index contributed by atoms with van der Waals surface area (Å²) in [5, 5.41) is 11.3. The fraction of sp³-hybridized carbons (Fsp3) is 0.462. The van der Waals surface area contributed by atoms with E-state index in [0.717, 1.165) is 0 Å². The molecule has 0 heteroatoms. The summed E-state index contributed by atoms with van der Waals surface area (Å²) < 4.78 is 0. The molecule has 0 aromatic heterocycles. The SMILES string of the molecule is CC(C)c1ccc2cc3c(C(C)C)c(C(C)C)ccc3cc2c1C(C)C.CC(C)c1ccc2cc3ccc(C(C)C)c(C(C)C)c3cc2c1C(C)C. The Morgan fingerprint density at radius 3 is 0.654 bits per heavy atom. The van der Waals surface area contributed by atoms with E-state index in [1.807, 2.05) is 0 Å². The van der Waals surface area contributed by atoms with Gasteiger partial charge < -0.3 is 0 Å². The van der Waals surface area contributed by atoms with Crippen molar-refractivity contribution in [3.63, 3.8) is 0 Å². The summed E-state index contributed by atoms with van der Waals surface area (Å²) in [6.07, 6.45) is 0. The minimum absolute atomic E-state index is 0.532. The molecular weight excluding hydrogens is 625 g/mol. The lowest BCUT2D eigenvalue weighted by atomic mass is 9.82. The van der Waals surface area contributed by atoms with Gasteiger partial charge in [-0.1, -0.05) is 159 Å². The van der Waals surface area contributed by atoms with Crippen molar-refractivity contribution in [2.75, 3.05) is 0 Å². The van der Waals surface area contributed by atoms with Crippen LogP contribution in [0, 0.1) is 0 Å². The van der Waals surface area contributed by atoms with Crippen LogP contribution in [0.25, 0.3) is 43.1 Å². The minimum atomic E-state index is 0.532. The van der Waals surface area contributed by atoms with E-state index in [1.165, 1.54) is 87.6 Å². The zero-order valence-electron chi connectivity index (χ0n) is 35.5. The van der Waals surface area contributed by atoms with E-state index in [0.29, 0.717) is 47.3 Å². The fourth-order valence-corrected chi connectivity index (χ4v) is 9.04. The van der Waals surface area contributed by atoms with Crippen LogP contribution in [0.3, 0.4) is 0 Å². The largest absolute Gasteiger partial charge is 0.0587 e. The molecule has 0 nitrogen and oxygen atoms in total. The smallest absolute Gasteiger partial charge is 0.0140 e. The Hall–Kier alpha value is -3.64. The zero-order valence-corrected chi connectivity index (χ0v) is 35.5. The molecule has 0 aliphatic heterocycles. The van der Waals surface area contributed by atoms with Crippen LogP contribution in [0.1, 0.15) is 203 Å². The Bertz CT molecular complexity index is 2040. The lowest BCUT2D eigenvalue weighted by molar-refractivity contribution is 0.796. The van der Waals surface area contributed by atoms with Crippen molar-refractivity contribution in [1.82, 2.24) is 0 Å². The first-order chi connectivity index (χ1) is 24.4. The van der Waals surface area contributed by atoms with E-state index in [4.69, 9.17) is 0 Å². The predicted molar refractivity (Wildman–Crippen MR) is 236 cm³/mol. The lowest BCUT2D eigenvalue weighted by Crippen LogP contribution is -2.02. The topological polar surface area (TPSA) is 0 Å². The number of benzene rings is 6. The quantitative estimate of drug-likeness (QED) is 0.139. The number of hydrogen-bond donors (Lipinski definition) is 0. The van der Waals surface area contributed by atoms with Crippen LogP contribution in [0.2, 0.25) is 0 Å². The molecule has 52 heavy (non-hydrogen) atoms. The third-order valence-corrected chi connectivity index (χ3v) is 11.4. The Morgan fingerprint density at radius 2 is 0.442 bits per heavy atom. The molecule has 0 radical (unpaired) electrons. The zero-order chi connectivity index (χ0) is 38.3. The summed E-state index contributed by atoms with van der Waals surface area (Å²) in [5.74, 6) is 4.36. The molecule has 0 N–H and O–H groups in total. The van der Waals surface area contributed by atoms with E-state index in [1.54, 1.807) is 0 Å². The van der Waals surface area contributed by atoms with Gasteiger partial charge in [0.2, 0.25) is 0 Å². The summed E-state index contributed by atoms with van der Waals surface area (Å²) in [6.45, 7) is 37.1. The molecular formula is C52H68. The molecule has 0 spiro atoms. The van der Waals surface area contributed by atoms with E-state index in [2.05, 4.69) is 184 Å². The summed E-state index contributed by atoms with van der Waals surface area (Å²) in [7, 11) is 0. The highest BCUT2D eigenvalue weighted by molar-refractivity contribution is 6.03. The highest BCUT2D eigenvalue weighted by atomic mass is 14.2. The van der Waals surface area contributed by atoms with Gasteiger partial charge in [-0.15, -0.1) is 0 Å². The molecule has 6 aromatic carbocycles. The van der Waals surface area contributed by atoms with Crippen molar-refractivity contribution in [2.45, 2.75) is 158 Å². The van der Waals surface area contributed by atoms with Gasteiger partial charge in [0.1, 0.15) is 0 Å². The van der Waals surface area contributed by atoms with E-state index >= 15 is 0 Å². The van der Waals surface area contributed by atoms with Crippen LogP contribution in [0.4, 0.5) is 0 Å². The number of rotatable bonds is 8. The molecule has 0 saturated carbocycles. The summed E-state index contributed by atoms with van der Waals surface area (Å²) in [5.41, 5.74) is 12.1. The van der Waals surface area contributed by atoms with Gasteiger partial charge in [-0.2, -0.15) is 0 Å². The average Bonchev–Trinajstić information content (AvgIpc) is 3.07. The lowest BCUT2D eigenvalue weighted by Gasteiger charge is -2.22. The second kappa shape index (κ2) is 15.8. The van der Waals surface area contributed by atoms with E-state index in [-0.39, 0.29) is 0 Å². The minimum Gasteiger partial charge on any atom is -0.0587 e. The maximum atomic E-state index is 2.49. The molecule has 0 atom stereocenters. The molecule has 6 aromatic rings. The van der Waals surface area contributed by atoms with Crippen molar-refractivity contribution in [2.24, 2.45) is 0 Å². The van der Waals surface area contributed by atoms with Crippen LogP contribution in [-0.4, -0.2) is 0 Å². The Kier molecular flexibility index (Phi) is 12.0. The van der Waals surface area contributed by atoms with Gasteiger partial charge in [-0.25, -0.2) is 0 Å². The maximum Gasteiger partial charge on any atom is -0.0140 e. The monoisotopic (exact) mass is 693 g/mol. The molecule has 6 rings (SSSR count). The highest BCUT2D eigenvalue weighted by Gasteiger charge is 2.20. The van der Waals surface area contributed by atoms with Crippen molar-refractivity contribution in [3.05, 3.63) is 117 Å². The predicted octanol–water partition coefficient (Wildman–Crippen LogP) is 17.0. The number of hydrogen-bond acceptors (Lipinski definition) is 0. The van der Waals surface area contributed by atoms with Crippen molar-refractivity contribution in [1.29, 1.82) is 0 Å². The van der Waals surface area contributed by atoms with Gasteiger partial charge in [0.05, 0.1) is 0 Å². The van der Waals surface area contributed by atoms with Crippen LogP contribution >= 0.6 is 0 Å². The summed E-state index contributed by atoms with van der Waals surface area (Å²) >= 11 is 0. The van der Waals surface area contributed by atoms with Crippen LogP contribution in [0.15, 0.2) is 72.8 Å². The molecule has 0 saturated heterocycles. The molecule has 0 heterocycles. The van der Waals surface area contributed by atoms with Gasteiger partial charge in [0.25, 0.3) is 0 Å². The number of fused-ring (bicyclic) bond motifs is 4. The third-order valence-electron chi connectivity index (χ3n) is 11.4. The fourth-order valence-electron chi connectivity index (χ4n) is 9.04. The van der Waals surface area contributed by atoms with Gasteiger partial charge >= 0.3 is 0 Å². The summed E-state index contributed by atoms with van der Waals surface area (Å²) in [4.78, 5) is 0. The molecule has 0 aliphatic rings. The molecule has 0 fully saturated rings. The highest BCUT2D eigenvalue weighted by Crippen LogP contribution is 2.41. The normalized spacial score (nSPS) is 12.5. The molecule has 0 amide bonds. The van der Waals surface area contributed by atoms with Crippen molar-refractivity contribution in [3.8, 4) is 0 Å². The first-order valence-electron chi connectivity index (χ1n) is 20.5. The standard InChI is InChI=1S/2C26H34/c1-15(2)21-11-9-19-14-24-20(13-23(19)25(21)17(5)6)10-12-22(16(3)4)26(24)18(7)8;1-15(2)21-11-9-19-13-20-10-12-22(16(3)4)26(18(7)8)24(20)14-23(19)25(21)17(5)6/h2*9-18H,1-8H3. The summed E-state index contributed by atoms with van der Waals surface area (Å²) in [6, 6.07) is 28.5. The Balaban J connectivity index is 0.000000201. The van der Waals surface area contributed by atoms with Gasteiger partial charge in [0.15, 0.2) is 0 Å². The van der Waals surface area contributed by atoms with Crippen LogP contribution in [0.5, 0.6) is 0 Å². The second-order valence-corrected chi connectivity index (χ2v) is 18.1. The first-order valence-corrected chi connectivity index (χ1v) is 20.5. The van der Waals surface area contributed by atoms with Gasteiger partial charge in [-0.05, 0) is 159 Å². The maximum absolute atomic E-state index is 2.49. The van der Waals surface area contributed by atoms with E-state index < -0.39 is 0 Å². The molecule has 276 valence electrons. The molecule has 0 aliphatic carbocycles. The van der Waals surface area contributed by atoms with Crippen LogP contribution in [-0.2, 0) is 0 Å². The third kappa shape index (κ3) is 7.56. The average molecular weight is 693 g/mol. The van der Waals surface area contributed by atoms with Crippen LogP contribution < -0.4 is 0 Å². The van der Waals surface area contributed by atoms with Crippen molar-refractivity contribution >= 4 is 43.1 Å². The van der Waals surface area contributed by atoms with Gasteiger partial charge in [-0.3, -0.25) is 0 Å². The van der Waals surface area contributed by atoms with E-state index in [9.17, 15) is 0 Å². The second-order valence-electron chi connectivity index (χ2n) is 18.1. The molecule has 0 bridgehead atoms. The molecule has 0 unspecified atom stereocenters. The Labute approximate surface area is 317 Å². The van der Waals surface area contributed by atoms with Gasteiger partial charge in [0, 0.05) is 0 Å².